The second-order valence-corrected chi connectivity index (χ2v) is 3.84. The van der Waals surface area contributed by atoms with Gasteiger partial charge in [-0.25, -0.2) is 9.59 Å². The zero-order valence-electron chi connectivity index (χ0n) is 6.39. The van der Waals surface area contributed by atoms with Crippen LogP contribution < -0.4 is 0 Å². The number of aliphatic imine (C=N–C) groups is 1. The van der Waals surface area contributed by atoms with Crippen LogP contribution in [0.3, 0.4) is 0 Å². The van der Waals surface area contributed by atoms with Crippen molar-refractivity contribution in [1.29, 1.82) is 0 Å². The highest BCUT2D eigenvalue weighted by atomic mass is 32.2. The van der Waals surface area contributed by atoms with Gasteiger partial charge in [-0.3, -0.25) is 0 Å². The van der Waals surface area contributed by atoms with E-state index in [1.54, 1.807) is 11.4 Å². The Hall–Kier alpha value is -1.10. The fourth-order valence-corrected chi connectivity index (χ4v) is 2.37. The van der Waals surface area contributed by atoms with Crippen LogP contribution in [0.5, 0.6) is 0 Å². The van der Waals surface area contributed by atoms with Gasteiger partial charge in [0.2, 0.25) is 6.08 Å². The van der Waals surface area contributed by atoms with E-state index >= 15 is 0 Å². The molecular weight excluding hydrogens is 210 g/mol. The lowest BCUT2D eigenvalue weighted by Gasteiger charge is -1.94. The minimum atomic E-state index is -0.951. The summed E-state index contributed by atoms with van der Waals surface area (Å²) < 4.78 is 0. The van der Waals surface area contributed by atoms with Crippen molar-refractivity contribution in [2.45, 2.75) is 4.90 Å². The Kier molecular flexibility index (Phi) is 3.70. The number of carbonyl (C=O) groups excluding carboxylic acids is 1. The van der Waals surface area contributed by atoms with Crippen molar-refractivity contribution in [3.8, 4) is 0 Å². The van der Waals surface area contributed by atoms with Crippen molar-refractivity contribution in [3.63, 3.8) is 0 Å². The molecule has 0 amide bonds. The molecule has 1 N–H and O–H groups in total. The van der Waals surface area contributed by atoms with Crippen LogP contribution in [0, 0.1) is 0 Å². The summed E-state index contributed by atoms with van der Waals surface area (Å²) in [6, 6.07) is 1.69. The molecule has 1 aromatic heterocycles. The van der Waals surface area contributed by atoms with Crippen LogP contribution in [-0.2, 0) is 4.79 Å². The quantitative estimate of drug-likeness (QED) is 0.472. The molecule has 0 fully saturated rings. The predicted molar refractivity (Wildman–Crippen MR) is 50.1 cm³/mol. The maximum absolute atomic E-state index is 10.6. The van der Waals surface area contributed by atoms with Crippen LogP contribution in [0.25, 0.3) is 0 Å². The minimum Gasteiger partial charge on any atom is -0.477 e. The number of thioether (sulfide) groups is 1. The number of nitrogens with zero attached hydrogens (tertiary/aromatic N) is 1. The van der Waals surface area contributed by atoms with E-state index in [9.17, 15) is 9.59 Å². The van der Waals surface area contributed by atoms with Crippen molar-refractivity contribution in [3.05, 3.63) is 16.3 Å². The van der Waals surface area contributed by atoms with Gasteiger partial charge < -0.3 is 5.11 Å². The summed E-state index contributed by atoms with van der Waals surface area (Å²) in [7, 11) is 0. The third-order valence-corrected chi connectivity index (χ3v) is 3.11. The molecule has 1 heterocycles. The van der Waals surface area contributed by atoms with Gasteiger partial charge >= 0.3 is 5.97 Å². The lowest BCUT2D eigenvalue weighted by molar-refractivity contribution is 0.0699. The summed E-state index contributed by atoms with van der Waals surface area (Å²) in [5.41, 5.74) is 0. The topological polar surface area (TPSA) is 66.7 Å². The SMILES string of the molecule is O=C=NCSc1ccsc1C(=O)O. The van der Waals surface area contributed by atoms with E-state index in [-0.39, 0.29) is 10.8 Å². The van der Waals surface area contributed by atoms with E-state index in [1.807, 2.05) is 0 Å². The zero-order chi connectivity index (χ0) is 9.68. The monoisotopic (exact) mass is 215 g/mol. The smallest absolute Gasteiger partial charge is 0.347 e. The van der Waals surface area contributed by atoms with Gasteiger partial charge in [-0.1, -0.05) is 11.8 Å². The molecule has 0 saturated heterocycles. The molecule has 0 aromatic carbocycles. The maximum atomic E-state index is 10.6. The van der Waals surface area contributed by atoms with Crippen molar-refractivity contribution < 1.29 is 14.7 Å². The number of carboxylic acid groups (broad SMARTS) is 1. The van der Waals surface area contributed by atoms with E-state index in [2.05, 4.69) is 4.99 Å². The molecule has 0 aliphatic rings. The molecule has 1 rings (SSSR count). The highest BCUT2D eigenvalue weighted by molar-refractivity contribution is 7.99. The second kappa shape index (κ2) is 4.81. The normalized spacial score (nSPS) is 9.23. The summed E-state index contributed by atoms with van der Waals surface area (Å²) in [6.07, 6.45) is 1.39. The van der Waals surface area contributed by atoms with Gasteiger partial charge in [0.1, 0.15) is 10.8 Å². The third kappa shape index (κ3) is 2.69. The molecule has 13 heavy (non-hydrogen) atoms. The Bertz CT molecular complexity index is 354. The van der Waals surface area contributed by atoms with Crippen molar-refractivity contribution in [1.82, 2.24) is 0 Å². The van der Waals surface area contributed by atoms with Gasteiger partial charge in [0.05, 0.1) is 0 Å². The summed E-state index contributed by atoms with van der Waals surface area (Å²) >= 11 is 2.36. The fraction of sp³-hybridized carbons (Fsp3) is 0.143. The van der Waals surface area contributed by atoms with E-state index < -0.39 is 5.97 Å². The molecular formula is C7H5NO3S2. The summed E-state index contributed by atoms with van der Waals surface area (Å²) in [5, 5.41) is 10.4. The highest BCUT2D eigenvalue weighted by Gasteiger charge is 2.11. The zero-order valence-corrected chi connectivity index (χ0v) is 8.02. The number of aromatic carboxylic acids is 1. The van der Waals surface area contributed by atoms with Gasteiger partial charge in [-0.15, -0.1) is 11.3 Å². The lowest BCUT2D eigenvalue weighted by Crippen LogP contribution is -1.93. The van der Waals surface area contributed by atoms with E-state index in [1.165, 1.54) is 17.8 Å². The van der Waals surface area contributed by atoms with Crippen LogP contribution in [0.15, 0.2) is 21.3 Å². The average molecular weight is 215 g/mol. The van der Waals surface area contributed by atoms with Crippen LogP contribution in [-0.4, -0.2) is 23.0 Å². The van der Waals surface area contributed by atoms with E-state index in [0.717, 1.165) is 11.3 Å². The van der Waals surface area contributed by atoms with E-state index in [4.69, 9.17) is 5.11 Å². The molecule has 0 atom stereocenters. The molecule has 6 heteroatoms. The predicted octanol–water partition coefficient (Wildman–Crippen LogP) is 1.83. The first kappa shape index (κ1) is 9.98. The first-order valence-corrected chi connectivity index (χ1v) is 5.09. The summed E-state index contributed by atoms with van der Waals surface area (Å²) in [5.74, 6) is -0.742. The number of rotatable bonds is 4. The fourth-order valence-electron chi connectivity index (χ4n) is 0.695. The van der Waals surface area contributed by atoms with Crippen molar-refractivity contribution in [2.24, 2.45) is 4.99 Å². The number of hydrogen-bond acceptors (Lipinski definition) is 5. The standard InChI is InChI=1S/C7H5NO3S2/c9-3-8-4-13-5-1-2-12-6(5)7(10)11/h1-2H,4H2,(H,10,11). The van der Waals surface area contributed by atoms with Crippen LogP contribution >= 0.6 is 23.1 Å². The van der Waals surface area contributed by atoms with Crippen LogP contribution in [0.1, 0.15) is 9.67 Å². The number of carbonyl (C=O) groups is 1. The molecule has 0 aliphatic heterocycles. The molecule has 0 bridgehead atoms. The van der Waals surface area contributed by atoms with E-state index in [0.29, 0.717) is 4.90 Å². The number of isocyanates is 1. The van der Waals surface area contributed by atoms with Gasteiger partial charge in [-0.05, 0) is 11.4 Å². The molecule has 0 radical (unpaired) electrons. The van der Waals surface area contributed by atoms with Crippen molar-refractivity contribution >= 4 is 35.1 Å². The van der Waals surface area contributed by atoms with Gasteiger partial charge in [0.15, 0.2) is 0 Å². The lowest BCUT2D eigenvalue weighted by atomic mass is 10.5. The van der Waals surface area contributed by atoms with Gasteiger partial charge in [0.25, 0.3) is 0 Å². The Labute approximate surface area is 82.3 Å². The molecule has 0 spiro atoms. The van der Waals surface area contributed by atoms with Gasteiger partial charge in [-0.2, -0.15) is 4.99 Å². The first-order chi connectivity index (χ1) is 6.25. The molecule has 0 aliphatic carbocycles. The molecule has 68 valence electrons. The Morgan fingerprint density at radius 1 is 1.77 bits per heavy atom. The van der Waals surface area contributed by atoms with Crippen molar-refractivity contribution in [2.75, 3.05) is 5.88 Å². The Morgan fingerprint density at radius 2 is 2.54 bits per heavy atom. The molecule has 0 saturated carbocycles. The average Bonchev–Trinajstić information content (AvgIpc) is 2.53. The summed E-state index contributed by atoms with van der Waals surface area (Å²) in [4.78, 5) is 24.6. The largest absolute Gasteiger partial charge is 0.477 e. The third-order valence-electron chi connectivity index (χ3n) is 1.17. The first-order valence-electron chi connectivity index (χ1n) is 3.23. The van der Waals surface area contributed by atoms with Gasteiger partial charge in [0, 0.05) is 4.90 Å². The Balaban J connectivity index is 2.70. The molecule has 0 unspecified atom stereocenters. The summed E-state index contributed by atoms with van der Waals surface area (Å²) in [6.45, 7) is 0. The number of hydrogen-bond donors (Lipinski definition) is 1. The highest BCUT2D eigenvalue weighted by Crippen LogP contribution is 2.27. The minimum absolute atomic E-state index is 0.209. The number of carboxylic acids is 1. The maximum Gasteiger partial charge on any atom is 0.347 e. The number of thiophene rings is 1. The van der Waals surface area contributed by atoms with Crippen LogP contribution in [0.4, 0.5) is 0 Å². The molecule has 1 aromatic rings. The molecule has 4 nitrogen and oxygen atoms in total. The Morgan fingerprint density at radius 3 is 3.15 bits per heavy atom. The van der Waals surface area contributed by atoms with Crippen LogP contribution in [0.2, 0.25) is 0 Å². The second-order valence-electron chi connectivity index (χ2n) is 1.94.